The van der Waals surface area contributed by atoms with Gasteiger partial charge in [-0.05, 0) is 19.9 Å². The minimum absolute atomic E-state index is 0.824. The smallest absolute Gasteiger partial charge is 0.0190 e. The fourth-order valence-electron chi connectivity index (χ4n) is 0.945. The Morgan fingerprint density at radius 1 is 1.40 bits per heavy atom. The molecule has 62 valence electrons. The summed E-state index contributed by atoms with van der Waals surface area (Å²) in [5, 5.41) is 0.824. The normalized spacial score (nSPS) is 13.5. The summed E-state index contributed by atoms with van der Waals surface area (Å²) in [6.45, 7) is 4.50. The number of hydrogen-bond donors (Lipinski definition) is 1. The summed E-state index contributed by atoms with van der Waals surface area (Å²) in [4.78, 5) is 0. The molecule has 0 radical (unpaired) electrons. The number of nitrogens with one attached hydrogen (secondary N) is 1. The van der Waals surface area contributed by atoms with E-state index in [9.17, 15) is 0 Å². The van der Waals surface area contributed by atoms with Crippen LogP contribution < -0.4 is 4.72 Å². The average Bonchev–Trinajstić information content (AvgIpc) is 1.98. The van der Waals surface area contributed by atoms with E-state index in [0.717, 1.165) is 5.25 Å². The van der Waals surface area contributed by atoms with Crippen molar-refractivity contribution in [3.05, 3.63) is 0 Å². The van der Waals surface area contributed by atoms with Crippen molar-refractivity contribution < 1.29 is 0 Å². The molecular weight excluding hydrogens is 142 g/mol. The molecule has 1 atom stereocenters. The SMILES string of the molecule is CCCCC(CC)SNC. The van der Waals surface area contributed by atoms with Crippen LogP contribution in [0.1, 0.15) is 39.5 Å². The Balaban J connectivity index is 3.21. The van der Waals surface area contributed by atoms with E-state index in [1.54, 1.807) is 0 Å². The molecule has 0 spiro atoms. The third-order valence-electron chi connectivity index (χ3n) is 1.62. The molecule has 0 bridgehead atoms. The van der Waals surface area contributed by atoms with Gasteiger partial charge in [-0.1, -0.05) is 38.6 Å². The highest BCUT2D eigenvalue weighted by molar-refractivity contribution is 7.98. The van der Waals surface area contributed by atoms with Gasteiger partial charge in [-0.2, -0.15) is 0 Å². The third-order valence-corrected chi connectivity index (χ3v) is 2.76. The second kappa shape index (κ2) is 7.42. The van der Waals surface area contributed by atoms with Gasteiger partial charge in [-0.3, -0.25) is 4.72 Å². The minimum atomic E-state index is 0.824. The highest BCUT2D eigenvalue weighted by Crippen LogP contribution is 2.16. The molecular formula is C8H19NS. The molecule has 0 aromatic heterocycles. The molecule has 1 unspecified atom stereocenters. The van der Waals surface area contributed by atoms with Crippen LogP contribution in [0.2, 0.25) is 0 Å². The molecule has 0 saturated heterocycles. The number of unbranched alkanes of at least 4 members (excludes halogenated alkanes) is 1. The van der Waals surface area contributed by atoms with Crippen molar-refractivity contribution in [2.75, 3.05) is 7.05 Å². The van der Waals surface area contributed by atoms with Gasteiger partial charge in [0.05, 0.1) is 0 Å². The molecule has 0 aromatic carbocycles. The maximum Gasteiger partial charge on any atom is 0.0190 e. The molecule has 10 heavy (non-hydrogen) atoms. The van der Waals surface area contributed by atoms with Gasteiger partial charge in [-0.15, -0.1) is 0 Å². The Kier molecular flexibility index (Phi) is 7.65. The van der Waals surface area contributed by atoms with Crippen LogP contribution in [0.3, 0.4) is 0 Å². The third kappa shape index (κ3) is 5.12. The van der Waals surface area contributed by atoms with Crippen molar-refractivity contribution in [1.82, 2.24) is 4.72 Å². The van der Waals surface area contributed by atoms with Crippen LogP contribution in [0.4, 0.5) is 0 Å². The molecule has 1 nitrogen and oxygen atoms in total. The Labute approximate surface area is 69.1 Å². The van der Waals surface area contributed by atoms with Crippen LogP contribution in [-0.4, -0.2) is 12.3 Å². The van der Waals surface area contributed by atoms with Crippen LogP contribution in [-0.2, 0) is 0 Å². The first-order valence-electron chi connectivity index (χ1n) is 4.17. The molecule has 0 aliphatic heterocycles. The second-order valence-electron chi connectivity index (χ2n) is 2.49. The van der Waals surface area contributed by atoms with Crippen LogP contribution in [0.15, 0.2) is 0 Å². The lowest BCUT2D eigenvalue weighted by Crippen LogP contribution is -2.07. The fraction of sp³-hybridized carbons (Fsp3) is 1.00. The van der Waals surface area contributed by atoms with Crippen LogP contribution in [0.5, 0.6) is 0 Å². The lowest BCUT2D eigenvalue weighted by Gasteiger charge is -2.11. The van der Waals surface area contributed by atoms with E-state index in [2.05, 4.69) is 18.6 Å². The Hall–Kier alpha value is 0.310. The van der Waals surface area contributed by atoms with Crippen molar-refractivity contribution in [2.45, 2.75) is 44.8 Å². The lowest BCUT2D eigenvalue weighted by atomic mass is 10.2. The van der Waals surface area contributed by atoms with Gasteiger partial charge >= 0.3 is 0 Å². The summed E-state index contributed by atoms with van der Waals surface area (Å²) in [5.41, 5.74) is 0. The van der Waals surface area contributed by atoms with E-state index in [1.165, 1.54) is 25.7 Å². The summed E-state index contributed by atoms with van der Waals surface area (Å²) in [5.74, 6) is 0. The maximum absolute atomic E-state index is 3.14. The second-order valence-corrected chi connectivity index (χ2v) is 3.81. The Morgan fingerprint density at radius 3 is 2.50 bits per heavy atom. The van der Waals surface area contributed by atoms with Gasteiger partial charge in [0.1, 0.15) is 0 Å². The van der Waals surface area contributed by atoms with Gasteiger partial charge in [0, 0.05) is 5.25 Å². The molecule has 0 saturated carbocycles. The predicted molar refractivity (Wildman–Crippen MR) is 50.3 cm³/mol. The number of hydrogen-bond acceptors (Lipinski definition) is 2. The average molecular weight is 161 g/mol. The first-order chi connectivity index (χ1) is 4.85. The lowest BCUT2D eigenvalue weighted by molar-refractivity contribution is 0.669. The van der Waals surface area contributed by atoms with E-state index in [0.29, 0.717) is 0 Å². The molecule has 0 rings (SSSR count). The van der Waals surface area contributed by atoms with Gasteiger partial charge in [0.2, 0.25) is 0 Å². The Bertz CT molecular complexity index is 66.3. The molecule has 0 amide bonds. The van der Waals surface area contributed by atoms with Crippen molar-refractivity contribution in [1.29, 1.82) is 0 Å². The standard InChI is InChI=1S/C8H19NS/c1-4-6-7-8(5-2)10-9-3/h8-9H,4-7H2,1-3H3. The Morgan fingerprint density at radius 2 is 2.10 bits per heavy atom. The molecule has 0 fully saturated rings. The van der Waals surface area contributed by atoms with Crippen molar-refractivity contribution >= 4 is 11.9 Å². The highest BCUT2D eigenvalue weighted by Gasteiger charge is 2.03. The molecule has 0 aromatic rings. The monoisotopic (exact) mass is 161 g/mol. The van der Waals surface area contributed by atoms with E-state index in [-0.39, 0.29) is 0 Å². The first kappa shape index (κ1) is 10.3. The zero-order valence-electron chi connectivity index (χ0n) is 7.31. The first-order valence-corrected chi connectivity index (χ1v) is 5.05. The minimum Gasteiger partial charge on any atom is -0.267 e. The van der Waals surface area contributed by atoms with E-state index >= 15 is 0 Å². The van der Waals surface area contributed by atoms with Crippen molar-refractivity contribution in [2.24, 2.45) is 0 Å². The fourth-order valence-corrected chi connectivity index (χ4v) is 1.73. The molecule has 1 N–H and O–H groups in total. The summed E-state index contributed by atoms with van der Waals surface area (Å²) >= 11 is 1.87. The summed E-state index contributed by atoms with van der Waals surface area (Å²) < 4.78 is 3.14. The maximum atomic E-state index is 3.14. The quantitative estimate of drug-likeness (QED) is 0.601. The van der Waals surface area contributed by atoms with Gasteiger partial charge in [-0.25, -0.2) is 0 Å². The van der Waals surface area contributed by atoms with Gasteiger partial charge < -0.3 is 0 Å². The predicted octanol–water partition coefficient (Wildman–Crippen LogP) is 2.82. The van der Waals surface area contributed by atoms with E-state index < -0.39 is 0 Å². The van der Waals surface area contributed by atoms with Crippen LogP contribution in [0.25, 0.3) is 0 Å². The topological polar surface area (TPSA) is 12.0 Å². The van der Waals surface area contributed by atoms with Crippen molar-refractivity contribution in [3.8, 4) is 0 Å². The largest absolute Gasteiger partial charge is 0.267 e. The van der Waals surface area contributed by atoms with Crippen molar-refractivity contribution in [3.63, 3.8) is 0 Å². The van der Waals surface area contributed by atoms with Gasteiger partial charge in [0.25, 0.3) is 0 Å². The molecule has 0 heterocycles. The summed E-state index contributed by atoms with van der Waals surface area (Å²) in [7, 11) is 2.00. The van der Waals surface area contributed by atoms with Crippen LogP contribution in [0, 0.1) is 0 Å². The zero-order valence-corrected chi connectivity index (χ0v) is 8.13. The summed E-state index contributed by atoms with van der Waals surface area (Å²) in [6, 6.07) is 0. The highest BCUT2D eigenvalue weighted by atomic mass is 32.2. The number of rotatable bonds is 6. The zero-order chi connectivity index (χ0) is 7.82. The van der Waals surface area contributed by atoms with Crippen LogP contribution >= 0.6 is 11.9 Å². The molecule has 0 aliphatic rings. The van der Waals surface area contributed by atoms with E-state index in [1.807, 2.05) is 19.0 Å². The molecule has 2 heteroatoms. The van der Waals surface area contributed by atoms with E-state index in [4.69, 9.17) is 0 Å². The van der Waals surface area contributed by atoms with Gasteiger partial charge in [0.15, 0.2) is 0 Å². The summed E-state index contributed by atoms with van der Waals surface area (Å²) in [6.07, 6.45) is 5.33. The molecule has 0 aliphatic carbocycles.